The molecule has 1 amide bonds. The van der Waals surface area contributed by atoms with Crippen molar-refractivity contribution in [3.63, 3.8) is 0 Å². The van der Waals surface area contributed by atoms with Crippen molar-refractivity contribution in [2.45, 2.75) is 26.7 Å². The molecule has 6 nitrogen and oxygen atoms in total. The molecule has 0 aliphatic carbocycles. The molecule has 6 heteroatoms. The van der Waals surface area contributed by atoms with Gasteiger partial charge in [-0.25, -0.2) is 0 Å². The molecule has 0 unspecified atom stereocenters. The van der Waals surface area contributed by atoms with Crippen LogP contribution in [-0.4, -0.2) is 29.2 Å². The fourth-order valence-electron chi connectivity index (χ4n) is 3.53. The summed E-state index contributed by atoms with van der Waals surface area (Å²) in [4.78, 5) is 14.9. The second kappa shape index (κ2) is 8.31. The molecular formula is C23H25N5O. The molecular weight excluding hydrogens is 362 g/mol. The zero-order chi connectivity index (χ0) is 20.2. The highest BCUT2D eigenvalue weighted by atomic mass is 16.1. The van der Waals surface area contributed by atoms with Gasteiger partial charge in [0.2, 0.25) is 0 Å². The summed E-state index contributed by atoms with van der Waals surface area (Å²) >= 11 is 0. The van der Waals surface area contributed by atoms with Crippen LogP contribution in [0.2, 0.25) is 0 Å². The van der Waals surface area contributed by atoms with Crippen molar-refractivity contribution in [3.8, 4) is 0 Å². The van der Waals surface area contributed by atoms with E-state index in [-0.39, 0.29) is 5.91 Å². The Hall–Kier alpha value is -3.41. The van der Waals surface area contributed by atoms with Gasteiger partial charge in [-0.2, -0.15) is 5.10 Å². The molecule has 0 spiro atoms. The van der Waals surface area contributed by atoms with E-state index in [9.17, 15) is 4.79 Å². The second-order valence-electron chi connectivity index (χ2n) is 7.47. The number of carbonyl (C=O) groups excluding carboxylic acids is 1. The Balaban J connectivity index is 1.42. The first-order chi connectivity index (χ1) is 14.1. The van der Waals surface area contributed by atoms with Gasteiger partial charge in [-0.1, -0.05) is 17.7 Å². The first kappa shape index (κ1) is 18.9. The summed E-state index contributed by atoms with van der Waals surface area (Å²) in [5.41, 5.74) is 5.46. The van der Waals surface area contributed by atoms with Gasteiger partial charge in [0.15, 0.2) is 5.82 Å². The smallest absolute Gasteiger partial charge is 0.255 e. The van der Waals surface area contributed by atoms with Crippen LogP contribution < -0.4 is 15.5 Å². The van der Waals surface area contributed by atoms with Crippen molar-refractivity contribution >= 4 is 28.8 Å². The fraction of sp³-hybridized carbons (Fsp3) is 0.261. The molecule has 2 N–H and O–H groups in total. The summed E-state index contributed by atoms with van der Waals surface area (Å²) in [6, 6.07) is 15.5. The minimum absolute atomic E-state index is 0.101. The molecule has 1 saturated heterocycles. The van der Waals surface area contributed by atoms with E-state index in [2.05, 4.69) is 25.7 Å². The van der Waals surface area contributed by atoms with Gasteiger partial charge in [-0.15, -0.1) is 5.10 Å². The number of carbonyl (C=O) groups is 1. The number of nitrogens with zero attached hydrogens (tertiary/aromatic N) is 3. The van der Waals surface area contributed by atoms with Gasteiger partial charge in [0.25, 0.3) is 5.91 Å². The Morgan fingerprint density at radius 2 is 1.69 bits per heavy atom. The summed E-state index contributed by atoms with van der Waals surface area (Å²) in [6.07, 6.45) is 4.25. The molecule has 2 heterocycles. The molecule has 0 radical (unpaired) electrons. The quantitative estimate of drug-likeness (QED) is 0.665. The maximum atomic E-state index is 12.6. The minimum Gasteiger partial charge on any atom is -0.370 e. The zero-order valence-electron chi connectivity index (χ0n) is 16.8. The van der Waals surface area contributed by atoms with Crippen LogP contribution >= 0.6 is 0 Å². The van der Waals surface area contributed by atoms with Crippen molar-refractivity contribution in [1.82, 2.24) is 10.2 Å². The van der Waals surface area contributed by atoms with Crippen molar-refractivity contribution < 1.29 is 4.79 Å². The molecule has 29 heavy (non-hydrogen) atoms. The lowest BCUT2D eigenvalue weighted by atomic mass is 10.1. The van der Waals surface area contributed by atoms with Crippen LogP contribution in [0, 0.1) is 13.8 Å². The highest BCUT2D eigenvalue weighted by Crippen LogP contribution is 2.23. The fourth-order valence-corrected chi connectivity index (χ4v) is 3.53. The van der Waals surface area contributed by atoms with Crippen molar-refractivity contribution in [3.05, 3.63) is 71.4 Å². The summed E-state index contributed by atoms with van der Waals surface area (Å²) in [5.74, 6) is 0.609. The first-order valence-corrected chi connectivity index (χ1v) is 9.92. The van der Waals surface area contributed by atoms with E-state index in [1.54, 1.807) is 0 Å². The predicted octanol–water partition coefficient (Wildman–Crippen LogP) is 4.69. The van der Waals surface area contributed by atoms with Crippen LogP contribution in [0.15, 0.2) is 54.7 Å². The SMILES string of the molecule is Cc1ccc(C)c(C(=O)Nc2ccc(Nc3cc(N4CCCC4)cnn3)cc2)c1. The molecule has 0 atom stereocenters. The summed E-state index contributed by atoms with van der Waals surface area (Å²) in [6.45, 7) is 6.07. The monoisotopic (exact) mass is 387 g/mol. The minimum atomic E-state index is -0.101. The van der Waals surface area contributed by atoms with Gasteiger partial charge >= 0.3 is 0 Å². The Morgan fingerprint density at radius 1 is 0.966 bits per heavy atom. The molecule has 148 valence electrons. The van der Waals surface area contributed by atoms with Gasteiger partial charge in [-0.3, -0.25) is 4.79 Å². The number of aromatic nitrogens is 2. The highest BCUT2D eigenvalue weighted by Gasteiger charge is 2.13. The largest absolute Gasteiger partial charge is 0.370 e. The summed E-state index contributed by atoms with van der Waals surface area (Å²) < 4.78 is 0. The normalized spacial score (nSPS) is 13.4. The van der Waals surface area contributed by atoms with Crippen LogP contribution in [0.25, 0.3) is 0 Å². The lowest BCUT2D eigenvalue weighted by Gasteiger charge is -2.17. The molecule has 4 rings (SSSR count). The Bertz CT molecular complexity index is 1010. The molecule has 1 aromatic heterocycles. The third-order valence-electron chi connectivity index (χ3n) is 5.16. The van der Waals surface area contributed by atoms with E-state index in [4.69, 9.17) is 0 Å². The number of rotatable bonds is 5. The third kappa shape index (κ3) is 4.54. The van der Waals surface area contributed by atoms with Gasteiger partial charge in [-0.05, 0) is 62.6 Å². The topological polar surface area (TPSA) is 70.2 Å². The van der Waals surface area contributed by atoms with Crippen LogP contribution in [0.4, 0.5) is 22.9 Å². The van der Waals surface area contributed by atoms with Gasteiger partial charge < -0.3 is 15.5 Å². The molecule has 1 fully saturated rings. The number of aryl methyl sites for hydroxylation is 2. The second-order valence-corrected chi connectivity index (χ2v) is 7.47. The maximum Gasteiger partial charge on any atom is 0.255 e. The molecule has 1 aliphatic rings. The number of anilines is 4. The number of nitrogens with one attached hydrogen (secondary N) is 2. The average Bonchev–Trinajstić information content (AvgIpc) is 3.26. The molecule has 3 aromatic rings. The number of amides is 1. The highest BCUT2D eigenvalue weighted by molar-refractivity contribution is 6.05. The zero-order valence-corrected chi connectivity index (χ0v) is 16.8. The lowest BCUT2D eigenvalue weighted by molar-refractivity contribution is 0.102. The molecule has 0 bridgehead atoms. The van der Waals surface area contributed by atoms with E-state index >= 15 is 0 Å². The van der Waals surface area contributed by atoms with Crippen LogP contribution in [0.1, 0.15) is 34.3 Å². The number of hydrogen-bond acceptors (Lipinski definition) is 5. The van der Waals surface area contributed by atoms with E-state index in [1.807, 2.05) is 68.6 Å². The van der Waals surface area contributed by atoms with Crippen molar-refractivity contribution in [2.24, 2.45) is 0 Å². The van der Waals surface area contributed by atoms with Crippen LogP contribution in [0.3, 0.4) is 0 Å². The van der Waals surface area contributed by atoms with Gasteiger partial charge in [0.05, 0.1) is 11.9 Å². The Kier molecular flexibility index (Phi) is 5.42. The van der Waals surface area contributed by atoms with E-state index < -0.39 is 0 Å². The Labute approximate surface area is 171 Å². The molecule has 1 aliphatic heterocycles. The number of hydrogen-bond donors (Lipinski definition) is 2. The third-order valence-corrected chi connectivity index (χ3v) is 5.16. The van der Waals surface area contributed by atoms with Gasteiger partial charge in [0.1, 0.15) is 0 Å². The van der Waals surface area contributed by atoms with Crippen molar-refractivity contribution in [2.75, 3.05) is 28.6 Å². The molecule has 0 saturated carbocycles. The number of benzene rings is 2. The van der Waals surface area contributed by atoms with E-state index in [0.717, 1.165) is 41.3 Å². The van der Waals surface area contributed by atoms with E-state index in [0.29, 0.717) is 11.4 Å². The molecule has 2 aromatic carbocycles. The Morgan fingerprint density at radius 3 is 2.45 bits per heavy atom. The van der Waals surface area contributed by atoms with Crippen LogP contribution in [0.5, 0.6) is 0 Å². The van der Waals surface area contributed by atoms with Gasteiger partial charge in [0, 0.05) is 36.1 Å². The van der Waals surface area contributed by atoms with Crippen molar-refractivity contribution in [1.29, 1.82) is 0 Å². The standard InChI is InChI=1S/C23H25N5O/c1-16-5-6-17(2)21(13-16)23(29)26-19-9-7-18(8-10-19)25-22-14-20(15-24-27-22)28-11-3-4-12-28/h5-10,13-15H,3-4,11-12H2,1-2H3,(H,25,27)(H,26,29). The van der Waals surface area contributed by atoms with Crippen LogP contribution in [-0.2, 0) is 0 Å². The summed E-state index contributed by atoms with van der Waals surface area (Å²) in [7, 11) is 0. The summed E-state index contributed by atoms with van der Waals surface area (Å²) in [5, 5.41) is 14.5. The lowest BCUT2D eigenvalue weighted by Crippen LogP contribution is -2.18. The van der Waals surface area contributed by atoms with E-state index in [1.165, 1.54) is 12.8 Å². The maximum absolute atomic E-state index is 12.6. The average molecular weight is 387 g/mol. The predicted molar refractivity (Wildman–Crippen MR) is 117 cm³/mol. The first-order valence-electron chi connectivity index (χ1n) is 9.92.